The number of carbonyl (C=O) groups excluding carboxylic acids is 3. The van der Waals surface area contributed by atoms with Crippen LogP contribution in [0.4, 0.5) is 4.79 Å². The van der Waals surface area contributed by atoms with Crippen molar-refractivity contribution < 1.29 is 19.1 Å². The number of amides is 4. The maximum Gasteiger partial charge on any atom is 0.332 e. The number of urea groups is 1. The minimum atomic E-state index is -0.895. The summed E-state index contributed by atoms with van der Waals surface area (Å²) in [6, 6.07) is 4.97. The van der Waals surface area contributed by atoms with E-state index in [2.05, 4.69) is 4.98 Å². The molecule has 7 heteroatoms. The number of carbonyl (C=O) groups is 3. The first-order chi connectivity index (χ1) is 10.9. The van der Waals surface area contributed by atoms with Crippen LogP contribution in [0.5, 0.6) is 5.75 Å². The second-order valence-corrected chi connectivity index (χ2v) is 5.56. The van der Waals surface area contributed by atoms with Gasteiger partial charge in [-0.15, -0.1) is 0 Å². The van der Waals surface area contributed by atoms with Gasteiger partial charge in [0.1, 0.15) is 11.7 Å². The zero-order valence-corrected chi connectivity index (χ0v) is 13.1. The highest BCUT2D eigenvalue weighted by Crippen LogP contribution is 2.27. The molecule has 120 valence electrons. The van der Waals surface area contributed by atoms with Crippen molar-refractivity contribution in [2.75, 3.05) is 21.2 Å². The topological polar surface area (TPSA) is 82.7 Å². The summed E-state index contributed by atoms with van der Waals surface area (Å²) in [5.41, 5.74) is 1.73. The van der Waals surface area contributed by atoms with Gasteiger partial charge < -0.3 is 9.72 Å². The number of benzene rings is 1. The Kier molecular flexibility index (Phi) is 3.55. The van der Waals surface area contributed by atoms with Crippen molar-refractivity contribution in [2.24, 2.45) is 5.92 Å². The quantitative estimate of drug-likeness (QED) is 0.868. The number of methoxy groups -OCH3 is 1. The Morgan fingerprint density at radius 2 is 1.78 bits per heavy atom. The Morgan fingerprint density at radius 1 is 1.13 bits per heavy atom. The summed E-state index contributed by atoms with van der Waals surface area (Å²) >= 11 is 0. The van der Waals surface area contributed by atoms with Gasteiger partial charge in [-0.2, -0.15) is 0 Å². The molecule has 23 heavy (non-hydrogen) atoms. The van der Waals surface area contributed by atoms with E-state index in [0.29, 0.717) is 5.75 Å². The molecule has 1 saturated heterocycles. The van der Waals surface area contributed by atoms with Gasteiger partial charge in [0.2, 0.25) is 11.8 Å². The molecule has 1 aliphatic heterocycles. The van der Waals surface area contributed by atoms with E-state index in [-0.39, 0.29) is 6.42 Å². The average Bonchev–Trinajstić information content (AvgIpc) is 2.97. The maximum absolute atomic E-state index is 12.3. The first kappa shape index (κ1) is 15.1. The number of imide groups is 2. The summed E-state index contributed by atoms with van der Waals surface area (Å²) in [5, 5.41) is 0.896. The van der Waals surface area contributed by atoms with Gasteiger partial charge in [0.15, 0.2) is 0 Å². The van der Waals surface area contributed by atoms with E-state index in [1.54, 1.807) is 13.3 Å². The number of H-pyrrole nitrogens is 1. The monoisotopic (exact) mass is 315 g/mol. The van der Waals surface area contributed by atoms with Gasteiger partial charge in [-0.25, -0.2) is 4.79 Å². The Bertz CT molecular complexity index is 787. The van der Waals surface area contributed by atoms with Crippen LogP contribution in [0, 0.1) is 5.92 Å². The third kappa shape index (κ3) is 2.34. The molecule has 0 atom stereocenters. The van der Waals surface area contributed by atoms with Gasteiger partial charge in [0.25, 0.3) is 0 Å². The minimum absolute atomic E-state index is 0.229. The molecule has 0 spiro atoms. The van der Waals surface area contributed by atoms with Crippen molar-refractivity contribution in [3.63, 3.8) is 0 Å². The van der Waals surface area contributed by atoms with Crippen LogP contribution in [0.15, 0.2) is 24.4 Å². The maximum atomic E-state index is 12.3. The summed E-state index contributed by atoms with van der Waals surface area (Å²) in [6.45, 7) is 0. The van der Waals surface area contributed by atoms with E-state index in [0.717, 1.165) is 26.3 Å². The van der Waals surface area contributed by atoms with E-state index in [1.165, 1.54) is 14.1 Å². The highest BCUT2D eigenvalue weighted by atomic mass is 16.5. The van der Waals surface area contributed by atoms with Crippen molar-refractivity contribution in [3.8, 4) is 5.75 Å². The summed E-state index contributed by atoms with van der Waals surface area (Å²) in [4.78, 5) is 41.5. The van der Waals surface area contributed by atoms with Gasteiger partial charge in [-0.1, -0.05) is 0 Å². The summed E-state index contributed by atoms with van der Waals surface area (Å²) < 4.78 is 5.22. The van der Waals surface area contributed by atoms with Crippen molar-refractivity contribution in [1.29, 1.82) is 0 Å². The zero-order chi connectivity index (χ0) is 16.7. The summed E-state index contributed by atoms with van der Waals surface area (Å²) in [5.74, 6) is -1.15. The number of nitrogens with zero attached hydrogens (tertiary/aromatic N) is 2. The predicted molar refractivity (Wildman–Crippen MR) is 83.0 cm³/mol. The number of hydrogen-bond donors (Lipinski definition) is 1. The highest BCUT2D eigenvalue weighted by Gasteiger charge is 2.42. The summed E-state index contributed by atoms with van der Waals surface area (Å²) in [6.07, 6.45) is 2.01. The molecule has 7 nitrogen and oxygen atoms in total. The fourth-order valence-corrected chi connectivity index (χ4v) is 2.83. The van der Waals surface area contributed by atoms with Crippen molar-refractivity contribution in [3.05, 3.63) is 30.0 Å². The fraction of sp³-hybridized carbons (Fsp3) is 0.312. The van der Waals surface area contributed by atoms with Crippen LogP contribution in [0.3, 0.4) is 0 Å². The number of hydrogen-bond acceptors (Lipinski definition) is 4. The normalized spacial score (nSPS) is 16.6. The lowest BCUT2D eigenvalue weighted by atomic mass is 9.95. The molecular weight excluding hydrogens is 298 g/mol. The van der Waals surface area contributed by atoms with Crippen LogP contribution in [-0.2, 0) is 16.0 Å². The van der Waals surface area contributed by atoms with Crippen LogP contribution < -0.4 is 4.74 Å². The summed E-state index contributed by atoms with van der Waals surface area (Å²) in [7, 11) is 4.36. The molecule has 1 aromatic heterocycles. The molecule has 0 bridgehead atoms. The molecule has 2 heterocycles. The molecule has 4 amide bonds. The fourth-order valence-electron chi connectivity index (χ4n) is 2.83. The van der Waals surface area contributed by atoms with Gasteiger partial charge >= 0.3 is 6.03 Å². The minimum Gasteiger partial charge on any atom is -0.497 e. The van der Waals surface area contributed by atoms with Crippen LogP contribution in [-0.4, -0.2) is 53.8 Å². The molecule has 0 aliphatic carbocycles. The first-order valence-electron chi connectivity index (χ1n) is 7.17. The lowest BCUT2D eigenvalue weighted by molar-refractivity contribution is -0.147. The Morgan fingerprint density at radius 3 is 2.39 bits per heavy atom. The van der Waals surface area contributed by atoms with E-state index in [9.17, 15) is 14.4 Å². The molecule has 2 aromatic rings. The lowest BCUT2D eigenvalue weighted by Gasteiger charge is -2.32. The van der Waals surface area contributed by atoms with E-state index in [4.69, 9.17) is 4.74 Å². The van der Waals surface area contributed by atoms with Crippen LogP contribution in [0.1, 0.15) is 5.56 Å². The third-order valence-corrected chi connectivity index (χ3v) is 4.23. The van der Waals surface area contributed by atoms with Crippen molar-refractivity contribution in [1.82, 2.24) is 14.8 Å². The zero-order valence-electron chi connectivity index (χ0n) is 13.1. The number of barbiturate groups is 1. The second kappa shape index (κ2) is 5.42. The van der Waals surface area contributed by atoms with E-state index in [1.807, 2.05) is 18.2 Å². The van der Waals surface area contributed by atoms with Gasteiger partial charge in [-0.3, -0.25) is 19.4 Å². The molecule has 0 radical (unpaired) electrons. The Labute approximate surface area is 132 Å². The first-order valence-corrected chi connectivity index (χ1v) is 7.17. The standard InChI is InChI=1S/C16H17N3O4/c1-18-14(20)12(15(21)19(2)16(18)22)6-9-8-17-13-5-4-10(23-3)7-11(9)13/h4-5,7-8,12,17H,6H2,1-3H3. The molecular formula is C16H17N3O4. The number of aromatic nitrogens is 1. The second-order valence-electron chi connectivity index (χ2n) is 5.56. The number of fused-ring (bicyclic) bond motifs is 1. The number of rotatable bonds is 3. The van der Waals surface area contributed by atoms with Gasteiger partial charge in [0, 0.05) is 31.2 Å². The van der Waals surface area contributed by atoms with Gasteiger partial charge in [-0.05, 0) is 30.2 Å². The lowest BCUT2D eigenvalue weighted by Crippen LogP contribution is -2.57. The average molecular weight is 315 g/mol. The Hall–Kier alpha value is -2.83. The molecule has 1 aliphatic rings. The van der Waals surface area contributed by atoms with Crippen molar-refractivity contribution >= 4 is 28.7 Å². The highest BCUT2D eigenvalue weighted by molar-refractivity contribution is 6.16. The Balaban J connectivity index is 1.96. The van der Waals surface area contributed by atoms with E-state index >= 15 is 0 Å². The molecule has 1 aromatic carbocycles. The molecule has 0 saturated carbocycles. The van der Waals surface area contributed by atoms with Crippen LogP contribution >= 0.6 is 0 Å². The molecule has 0 unspecified atom stereocenters. The van der Waals surface area contributed by atoms with Crippen LogP contribution in [0.25, 0.3) is 10.9 Å². The predicted octanol–water partition coefficient (Wildman–Crippen LogP) is 1.39. The number of nitrogens with one attached hydrogen (secondary N) is 1. The SMILES string of the molecule is COc1ccc2[nH]cc(CC3C(=O)N(C)C(=O)N(C)C3=O)c2c1. The van der Waals surface area contributed by atoms with E-state index < -0.39 is 23.8 Å². The third-order valence-electron chi connectivity index (χ3n) is 4.23. The smallest absolute Gasteiger partial charge is 0.332 e. The number of ether oxygens (including phenoxy) is 1. The molecule has 1 fully saturated rings. The molecule has 1 N–H and O–H groups in total. The molecule has 3 rings (SSSR count). The van der Waals surface area contributed by atoms with Crippen molar-refractivity contribution in [2.45, 2.75) is 6.42 Å². The van der Waals surface area contributed by atoms with Crippen LogP contribution in [0.2, 0.25) is 0 Å². The number of aromatic amines is 1. The largest absolute Gasteiger partial charge is 0.497 e. The van der Waals surface area contributed by atoms with Gasteiger partial charge in [0.05, 0.1) is 7.11 Å².